The Bertz CT molecular complexity index is 713. The lowest BCUT2D eigenvalue weighted by atomic mass is 10.1. The first-order chi connectivity index (χ1) is 10.0. The number of benzene rings is 1. The van der Waals surface area contributed by atoms with Crippen molar-refractivity contribution in [1.82, 2.24) is 9.78 Å². The number of hydrogen-bond donors (Lipinski definition) is 1. The number of nitrogen functional groups attached to an aromatic ring is 1. The predicted molar refractivity (Wildman–Crippen MR) is 91.2 cm³/mol. The van der Waals surface area contributed by atoms with Gasteiger partial charge in [0.1, 0.15) is 0 Å². The maximum absolute atomic E-state index is 6.09. The fourth-order valence-corrected chi connectivity index (χ4v) is 2.33. The van der Waals surface area contributed by atoms with E-state index in [9.17, 15) is 0 Å². The molecule has 0 atom stereocenters. The monoisotopic (exact) mass is 281 g/mol. The number of aryl methyl sites for hydroxylation is 1. The van der Waals surface area contributed by atoms with E-state index in [0.29, 0.717) is 6.54 Å². The van der Waals surface area contributed by atoms with Gasteiger partial charge in [0.05, 0.1) is 17.8 Å². The van der Waals surface area contributed by atoms with Crippen molar-refractivity contribution >= 4 is 16.6 Å². The molecule has 1 aromatic carbocycles. The number of hydrogen-bond acceptors (Lipinski definition) is 2. The third kappa shape index (κ3) is 3.43. The van der Waals surface area contributed by atoms with Gasteiger partial charge in [0, 0.05) is 11.1 Å². The molecule has 0 aliphatic rings. The molecule has 1 aromatic heterocycles. The molecule has 1 heterocycles. The minimum Gasteiger partial charge on any atom is -0.398 e. The quantitative estimate of drug-likeness (QED) is 0.657. The Labute approximate surface area is 126 Å². The SMILES string of the molecule is C=C(C=CC=C(C)C)Cn1nc(CC)c2c(N)cccc21. The summed E-state index contributed by atoms with van der Waals surface area (Å²) in [4.78, 5) is 0. The number of allylic oxidation sites excluding steroid dienone is 5. The molecule has 0 fully saturated rings. The maximum atomic E-state index is 6.09. The molecule has 0 amide bonds. The molecule has 2 aromatic rings. The van der Waals surface area contributed by atoms with E-state index in [1.165, 1.54) is 5.57 Å². The topological polar surface area (TPSA) is 43.8 Å². The molecule has 0 bridgehead atoms. The van der Waals surface area contributed by atoms with Gasteiger partial charge in [0.2, 0.25) is 0 Å². The molecule has 0 aliphatic heterocycles. The van der Waals surface area contributed by atoms with E-state index < -0.39 is 0 Å². The summed E-state index contributed by atoms with van der Waals surface area (Å²) in [6.45, 7) is 11.0. The molecule has 0 radical (unpaired) electrons. The van der Waals surface area contributed by atoms with Gasteiger partial charge < -0.3 is 5.73 Å². The van der Waals surface area contributed by atoms with Crippen LogP contribution in [0.25, 0.3) is 10.9 Å². The largest absolute Gasteiger partial charge is 0.398 e. The van der Waals surface area contributed by atoms with Crippen LogP contribution < -0.4 is 5.73 Å². The van der Waals surface area contributed by atoms with Crippen molar-refractivity contribution in [3.05, 3.63) is 59.8 Å². The van der Waals surface area contributed by atoms with E-state index >= 15 is 0 Å². The first kappa shape index (κ1) is 15.1. The van der Waals surface area contributed by atoms with Crippen LogP contribution in [-0.4, -0.2) is 9.78 Å². The first-order valence-electron chi connectivity index (χ1n) is 7.26. The highest BCUT2D eigenvalue weighted by atomic mass is 15.3. The van der Waals surface area contributed by atoms with Crippen molar-refractivity contribution in [2.75, 3.05) is 5.73 Å². The summed E-state index contributed by atoms with van der Waals surface area (Å²) in [5.41, 5.74) is 11.3. The third-order valence-corrected chi connectivity index (χ3v) is 3.33. The zero-order valence-electron chi connectivity index (χ0n) is 13.1. The van der Waals surface area contributed by atoms with Crippen molar-refractivity contribution in [2.24, 2.45) is 0 Å². The van der Waals surface area contributed by atoms with Crippen molar-refractivity contribution in [2.45, 2.75) is 33.7 Å². The zero-order chi connectivity index (χ0) is 15.4. The predicted octanol–water partition coefficient (Wildman–Crippen LogP) is 4.26. The van der Waals surface area contributed by atoms with Crippen molar-refractivity contribution in [1.29, 1.82) is 0 Å². The van der Waals surface area contributed by atoms with Gasteiger partial charge in [-0.3, -0.25) is 4.68 Å². The lowest BCUT2D eigenvalue weighted by Crippen LogP contribution is -2.01. The minimum absolute atomic E-state index is 0.674. The van der Waals surface area contributed by atoms with Gasteiger partial charge in [-0.2, -0.15) is 5.10 Å². The van der Waals surface area contributed by atoms with E-state index in [1.54, 1.807) is 0 Å². The Morgan fingerprint density at radius 2 is 2.14 bits per heavy atom. The molecule has 0 aliphatic carbocycles. The lowest BCUT2D eigenvalue weighted by Gasteiger charge is -2.03. The van der Waals surface area contributed by atoms with Crippen LogP contribution in [0.2, 0.25) is 0 Å². The number of nitrogens with zero attached hydrogens (tertiary/aromatic N) is 2. The highest BCUT2D eigenvalue weighted by molar-refractivity contribution is 5.93. The number of nitrogens with two attached hydrogens (primary N) is 1. The van der Waals surface area contributed by atoms with Gasteiger partial charge in [-0.15, -0.1) is 0 Å². The smallest absolute Gasteiger partial charge is 0.0721 e. The van der Waals surface area contributed by atoms with Gasteiger partial charge in [-0.05, 0) is 38.0 Å². The minimum atomic E-state index is 0.674. The summed E-state index contributed by atoms with van der Waals surface area (Å²) >= 11 is 0. The van der Waals surface area contributed by atoms with Crippen molar-refractivity contribution in [3.8, 4) is 0 Å². The van der Waals surface area contributed by atoms with E-state index in [1.807, 2.05) is 29.0 Å². The van der Waals surface area contributed by atoms with Crippen LogP contribution >= 0.6 is 0 Å². The summed E-state index contributed by atoms with van der Waals surface area (Å²) in [5, 5.41) is 5.75. The number of aromatic nitrogens is 2. The molecule has 0 saturated heterocycles. The molecule has 110 valence electrons. The summed E-state index contributed by atoms with van der Waals surface area (Å²) in [5.74, 6) is 0. The highest BCUT2D eigenvalue weighted by Crippen LogP contribution is 2.25. The molecule has 3 nitrogen and oxygen atoms in total. The molecular weight excluding hydrogens is 258 g/mol. The van der Waals surface area contributed by atoms with Crippen molar-refractivity contribution in [3.63, 3.8) is 0 Å². The molecule has 21 heavy (non-hydrogen) atoms. The molecular formula is C18H23N3. The molecule has 0 spiro atoms. The molecule has 0 unspecified atom stereocenters. The fourth-order valence-electron chi connectivity index (χ4n) is 2.33. The Kier molecular flexibility index (Phi) is 4.63. The summed E-state index contributed by atoms with van der Waals surface area (Å²) in [6, 6.07) is 5.96. The summed E-state index contributed by atoms with van der Waals surface area (Å²) in [7, 11) is 0. The highest BCUT2D eigenvalue weighted by Gasteiger charge is 2.11. The van der Waals surface area contributed by atoms with E-state index in [0.717, 1.165) is 34.3 Å². The Morgan fingerprint density at radius 3 is 2.81 bits per heavy atom. The van der Waals surface area contributed by atoms with Gasteiger partial charge in [0.15, 0.2) is 0 Å². The fraction of sp³-hybridized carbons (Fsp3) is 0.278. The third-order valence-electron chi connectivity index (χ3n) is 3.33. The van der Waals surface area contributed by atoms with E-state index in [4.69, 9.17) is 5.73 Å². The molecule has 2 rings (SSSR count). The average Bonchev–Trinajstić information content (AvgIpc) is 2.78. The van der Waals surface area contributed by atoms with Crippen LogP contribution in [0.15, 0.2) is 54.2 Å². The van der Waals surface area contributed by atoms with Crippen LogP contribution in [0, 0.1) is 0 Å². The number of fused-ring (bicyclic) bond motifs is 1. The maximum Gasteiger partial charge on any atom is 0.0721 e. The van der Waals surface area contributed by atoms with E-state index in [2.05, 4.69) is 44.6 Å². The van der Waals surface area contributed by atoms with Crippen LogP contribution in [0.4, 0.5) is 5.69 Å². The second-order valence-electron chi connectivity index (χ2n) is 5.46. The van der Waals surface area contributed by atoms with Crippen LogP contribution in [0.3, 0.4) is 0 Å². The Morgan fingerprint density at radius 1 is 1.38 bits per heavy atom. The zero-order valence-corrected chi connectivity index (χ0v) is 13.1. The van der Waals surface area contributed by atoms with Gasteiger partial charge in [-0.1, -0.05) is 43.4 Å². The second-order valence-corrected chi connectivity index (χ2v) is 5.46. The first-order valence-corrected chi connectivity index (χ1v) is 7.26. The molecule has 3 heteroatoms. The van der Waals surface area contributed by atoms with Crippen LogP contribution in [0.5, 0.6) is 0 Å². The van der Waals surface area contributed by atoms with Gasteiger partial charge in [0.25, 0.3) is 0 Å². The van der Waals surface area contributed by atoms with Gasteiger partial charge >= 0.3 is 0 Å². The Balaban J connectivity index is 2.31. The number of rotatable bonds is 5. The molecule has 2 N–H and O–H groups in total. The number of anilines is 1. The average molecular weight is 281 g/mol. The van der Waals surface area contributed by atoms with Crippen LogP contribution in [-0.2, 0) is 13.0 Å². The summed E-state index contributed by atoms with van der Waals surface area (Å²) < 4.78 is 1.99. The summed E-state index contributed by atoms with van der Waals surface area (Å²) in [6.07, 6.45) is 7.00. The normalized spacial score (nSPS) is 11.2. The second kappa shape index (κ2) is 6.44. The Hall–Kier alpha value is -2.29. The van der Waals surface area contributed by atoms with Crippen LogP contribution in [0.1, 0.15) is 26.5 Å². The van der Waals surface area contributed by atoms with E-state index in [-0.39, 0.29) is 0 Å². The molecule has 0 saturated carbocycles. The lowest BCUT2D eigenvalue weighted by molar-refractivity contribution is 0.696. The van der Waals surface area contributed by atoms with Crippen molar-refractivity contribution < 1.29 is 0 Å². The standard InChI is InChI=1S/C18H23N3/c1-5-16-18-15(19)10-7-11-17(18)21(20-16)12-14(4)9-6-8-13(2)3/h6-11H,4-5,12,19H2,1-3H3. The van der Waals surface area contributed by atoms with Gasteiger partial charge in [-0.25, -0.2) is 0 Å².